The van der Waals surface area contributed by atoms with Crippen LogP contribution in [0.4, 0.5) is 0 Å². The number of aromatic nitrogens is 1. The predicted octanol–water partition coefficient (Wildman–Crippen LogP) is 2.37. The van der Waals surface area contributed by atoms with E-state index in [1.807, 2.05) is 7.05 Å². The molecule has 0 unspecified atom stereocenters. The van der Waals surface area contributed by atoms with Gasteiger partial charge in [0.15, 0.2) is 0 Å². The highest BCUT2D eigenvalue weighted by atomic mass is 32.2. The van der Waals surface area contributed by atoms with Gasteiger partial charge >= 0.3 is 0 Å². The van der Waals surface area contributed by atoms with E-state index in [1.54, 1.807) is 23.0 Å². The van der Waals surface area contributed by atoms with Gasteiger partial charge in [-0.2, -0.15) is 4.31 Å². The quantitative estimate of drug-likeness (QED) is 0.835. The van der Waals surface area contributed by atoms with Crippen molar-refractivity contribution in [3.63, 3.8) is 0 Å². The summed E-state index contributed by atoms with van der Waals surface area (Å²) in [5, 5.41) is 3.25. The molecule has 2 heterocycles. The first kappa shape index (κ1) is 19.0. The number of carbonyl (C=O) groups is 1. The second kappa shape index (κ2) is 7.24. The SMILES string of the molecule is C[C@@H](NC(=O)C1CCN(S(=O)(=O)c2ccn(C)c2)CC1)[C@H]1C[C@H]2CC[C@H]1C2. The van der Waals surface area contributed by atoms with Gasteiger partial charge in [-0.15, -0.1) is 0 Å². The van der Waals surface area contributed by atoms with E-state index in [0.29, 0.717) is 36.7 Å². The van der Waals surface area contributed by atoms with E-state index in [1.165, 1.54) is 30.0 Å². The number of carbonyl (C=O) groups excluding carboxylic acids is 1. The lowest BCUT2D eigenvalue weighted by molar-refractivity contribution is -0.127. The molecule has 1 aliphatic heterocycles. The van der Waals surface area contributed by atoms with Crippen LogP contribution in [0.25, 0.3) is 0 Å². The number of nitrogens with one attached hydrogen (secondary N) is 1. The summed E-state index contributed by atoms with van der Waals surface area (Å²) in [6, 6.07) is 1.87. The number of hydrogen-bond donors (Lipinski definition) is 1. The Bertz CT molecular complexity index is 795. The molecule has 1 aromatic rings. The topological polar surface area (TPSA) is 71.4 Å². The fourth-order valence-electron chi connectivity index (χ4n) is 5.49. The fraction of sp³-hybridized carbons (Fsp3) is 0.750. The van der Waals surface area contributed by atoms with Crippen LogP contribution < -0.4 is 5.32 Å². The van der Waals surface area contributed by atoms with Crippen LogP contribution in [0.5, 0.6) is 0 Å². The summed E-state index contributed by atoms with van der Waals surface area (Å²) in [4.78, 5) is 13.1. The third-order valence-corrected chi connectivity index (χ3v) is 8.95. The zero-order chi connectivity index (χ0) is 19.2. The van der Waals surface area contributed by atoms with Crippen LogP contribution in [0.2, 0.25) is 0 Å². The van der Waals surface area contributed by atoms with Gasteiger partial charge < -0.3 is 9.88 Å². The average Bonchev–Trinajstić information content (AvgIpc) is 3.38. The minimum atomic E-state index is -3.45. The van der Waals surface area contributed by atoms with E-state index in [0.717, 1.165) is 11.8 Å². The van der Waals surface area contributed by atoms with E-state index >= 15 is 0 Å². The average molecular weight is 394 g/mol. The molecule has 150 valence electrons. The lowest BCUT2D eigenvalue weighted by Gasteiger charge is -2.33. The maximum absolute atomic E-state index is 12.7. The molecule has 6 nitrogen and oxygen atoms in total. The Morgan fingerprint density at radius 2 is 1.93 bits per heavy atom. The maximum Gasteiger partial charge on any atom is 0.244 e. The number of nitrogens with zero attached hydrogens (tertiary/aromatic N) is 2. The molecule has 1 saturated heterocycles. The number of sulfonamides is 1. The molecular formula is C20H31N3O3S. The molecule has 3 aliphatic rings. The Morgan fingerprint density at radius 1 is 1.19 bits per heavy atom. The van der Waals surface area contributed by atoms with Crippen molar-refractivity contribution in [2.45, 2.75) is 56.4 Å². The summed E-state index contributed by atoms with van der Waals surface area (Å²) in [6.45, 7) is 2.98. The van der Waals surface area contributed by atoms with Crippen molar-refractivity contribution in [1.82, 2.24) is 14.2 Å². The summed E-state index contributed by atoms with van der Waals surface area (Å²) >= 11 is 0. The van der Waals surface area contributed by atoms with Crippen molar-refractivity contribution in [3.8, 4) is 0 Å². The smallest absolute Gasteiger partial charge is 0.244 e. The Labute approximate surface area is 162 Å². The highest BCUT2D eigenvalue weighted by molar-refractivity contribution is 7.89. The first-order valence-electron chi connectivity index (χ1n) is 10.3. The van der Waals surface area contributed by atoms with Crippen LogP contribution in [0, 0.1) is 23.7 Å². The molecule has 3 fully saturated rings. The van der Waals surface area contributed by atoms with E-state index in [9.17, 15) is 13.2 Å². The summed E-state index contributed by atoms with van der Waals surface area (Å²) in [5.41, 5.74) is 0. The lowest BCUT2D eigenvalue weighted by Crippen LogP contribution is -2.47. The van der Waals surface area contributed by atoms with Crippen LogP contribution in [-0.4, -0.2) is 42.3 Å². The Morgan fingerprint density at radius 3 is 2.48 bits per heavy atom. The van der Waals surface area contributed by atoms with Crippen molar-refractivity contribution in [2.75, 3.05) is 13.1 Å². The first-order chi connectivity index (χ1) is 12.8. The number of aryl methyl sites for hydroxylation is 1. The third kappa shape index (κ3) is 3.68. The van der Waals surface area contributed by atoms with Gasteiger partial charge in [-0.3, -0.25) is 4.79 Å². The maximum atomic E-state index is 12.7. The molecule has 2 saturated carbocycles. The normalized spacial score (nSPS) is 30.5. The second-order valence-electron chi connectivity index (χ2n) is 8.83. The summed E-state index contributed by atoms with van der Waals surface area (Å²) < 4.78 is 28.7. The fourth-order valence-corrected chi connectivity index (χ4v) is 7.02. The highest BCUT2D eigenvalue weighted by Gasteiger charge is 2.42. The van der Waals surface area contributed by atoms with Crippen molar-refractivity contribution < 1.29 is 13.2 Å². The molecule has 7 heteroatoms. The Kier molecular flexibility index (Phi) is 5.10. The van der Waals surface area contributed by atoms with Gasteiger partial charge in [-0.05, 0) is 62.8 Å². The van der Waals surface area contributed by atoms with Gasteiger partial charge in [0.1, 0.15) is 0 Å². The van der Waals surface area contributed by atoms with Crippen molar-refractivity contribution in [2.24, 2.45) is 30.7 Å². The standard InChI is InChI=1S/C20H31N3O3S/c1-14(19-12-15-3-4-17(19)11-15)21-20(24)16-5-9-23(10-6-16)27(25,26)18-7-8-22(2)13-18/h7-8,13-17,19H,3-6,9-12H2,1-2H3,(H,21,24)/t14-,15+,17+,19-/m1/s1. The summed E-state index contributed by atoms with van der Waals surface area (Å²) in [6.07, 6.45) is 9.87. The van der Waals surface area contributed by atoms with Gasteiger partial charge in [0, 0.05) is 44.5 Å². The van der Waals surface area contributed by atoms with E-state index in [4.69, 9.17) is 0 Å². The number of fused-ring (bicyclic) bond motifs is 2. The minimum Gasteiger partial charge on any atom is -0.356 e. The molecule has 1 aromatic heterocycles. The largest absolute Gasteiger partial charge is 0.356 e. The van der Waals surface area contributed by atoms with Crippen molar-refractivity contribution in [3.05, 3.63) is 18.5 Å². The van der Waals surface area contributed by atoms with Gasteiger partial charge in [0.2, 0.25) is 15.9 Å². The minimum absolute atomic E-state index is 0.0757. The molecule has 0 spiro atoms. The number of piperidine rings is 1. The molecule has 0 aromatic carbocycles. The Balaban J connectivity index is 1.30. The van der Waals surface area contributed by atoms with Crippen molar-refractivity contribution >= 4 is 15.9 Å². The molecule has 2 bridgehead atoms. The van der Waals surface area contributed by atoms with E-state index < -0.39 is 10.0 Å². The zero-order valence-corrected chi connectivity index (χ0v) is 17.1. The number of rotatable bonds is 5. The predicted molar refractivity (Wildman–Crippen MR) is 103 cm³/mol. The molecule has 0 radical (unpaired) electrons. The van der Waals surface area contributed by atoms with Gasteiger partial charge in [-0.25, -0.2) is 8.42 Å². The molecule has 27 heavy (non-hydrogen) atoms. The number of amides is 1. The van der Waals surface area contributed by atoms with Gasteiger partial charge in [0.05, 0.1) is 4.90 Å². The first-order valence-corrected chi connectivity index (χ1v) is 11.7. The molecule has 4 atom stereocenters. The summed E-state index contributed by atoms with van der Waals surface area (Å²) in [5.74, 6) is 2.34. The molecule has 1 amide bonds. The number of hydrogen-bond acceptors (Lipinski definition) is 3. The van der Waals surface area contributed by atoms with Crippen LogP contribution in [0.1, 0.15) is 45.4 Å². The lowest BCUT2D eigenvalue weighted by atomic mass is 9.83. The van der Waals surface area contributed by atoms with E-state index in [-0.39, 0.29) is 17.9 Å². The zero-order valence-electron chi connectivity index (χ0n) is 16.3. The van der Waals surface area contributed by atoms with Gasteiger partial charge in [-0.1, -0.05) is 6.42 Å². The van der Waals surface area contributed by atoms with Crippen LogP contribution in [0.15, 0.2) is 23.4 Å². The van der Waals surface area contributed by atoms with Crippen molar-refractivity contribution in [1.29, 1.82) is 0 Å². The van der Waals surface area contributed by atoms with Crippen LogP contribution in [-0.2, 0) is 21.9 Å². The second-order valence-corrected chi connectivity index (χ2v) is 10.8. The summed E-state index contributed by atoms with van der Waals surface area (Å²) in [7, 11) is -1.64. The Hall–Kier alpha value is -1.34. The van der Waals surface area contributed by atoms with Gasteiger partial charge in [0.25, 0.3) is 0 Å². The molecule has 1 N–H and O–H groups in total. The van der Waals surface area contributed by atoms with E-state index in [2.05, 4.69) is 12.2 Å². The highest BCUT2D eigenvalue weighted by Crippen LogP contribution is 2.49. The molecule has 4 rings (SSSR count). The third-order valence-electron chi connectivity index (χ3n) is 7.07. The van der Waals surface area contributed by atoms with Crippen LogP contribution in [0.3, 0.4) is 0 Å². The molecule has 2 aliphatic carbocycles. The van der Waals surface area contributed by atoms with Crippen LogP contribution >= 0.6 is 0 Å². The molecular weight excluding hydrogens is 362 g/mol. The monoisotopic (exact) mass is 393 g/mol.